The number of nitrogens with two attached hydrogens (primary N) is 1. The van der Waals surface area contributed by atoms with Crippen LogP contribution in [0.1, 0.15) is 46.8 Å². The number of carbonyl (C=O) groups is 3. The molecule has 1 saturated heterocycles. The number of amides is 3. The number of piperidine rings is 1. The Labute approximate surface area is 168 Å². The summed E-state index contributed by atoms with van der Waals surface area (Å²) in [6.45, 7) is 1.18. The number of likely N-dealkylation sites (tertiary alicyclic amines) is 1. The SMILES string of the molecule is NC(=O)c1cncc(NC(=O)C(=O)N2CCCC[C@H]2c2ccc3c(c2)OCC3)c1. The molecule has 0 radical (unpaired) electrons. The number of nitrogens with one attached hydrogen (secondary N) is 1. The molecule has 4 rings (SSSR count). The van der Waals surface area contributed by atoms with Crippen molar-refractivity contribution in [3.63, 3.8) is 0 Å². The monoisotopic (exact) mass is 394 g/mol. The molecule has 3 N–H and O–H groups in total. The van der Waals surface area contributed by atoms with Gasteiger partial charge in [-0.05, 0) is 42.5 Å². The third-order valence-electron chi connectivity index (χ3n) is 5.34. The van der Waals surface area contributed by atoms with E-state index in [-0.39, 0.29) is 17.3 Å². The van der Waals surface area contributed by atoms with E-state index in [9.17, 15) is 14.4 Å². The Morgan fingerprint density at radius 3 is 2.86 bits per heavy atom. The summed E-state index contributed by atoms with van der Waals surface area (Å²) in [7, 11) is 0. The molecule has 2 aliphatic heterocycles. The lowest BCUT2D eigenvalue weighted by Crippen LogP contribution is -2.44. The number of fused-ring (bicyclic) bond motifs is 1. The highest BCUT2D eigenvalue weighted by Gasteiger charge is 2.32. The minimum absolute atomic E-state index is 0.157. The van der Waals surface area contributed by atoms with Crippen molar-refractivity contribution < 1.29 is 19.1 Å². The van der Waals surface area contributed by atoms with Crippen LogP contribution in [0.25, 0.3) is 0 Å². The number of primary amides is 1. The molecule has 1 aromatic carbocycles. The molecular formula is C21H22N4O4. The van der Waals surface area contributed by atoms with Gasteiger partial charge in [-0.15, -0.1) is 0 Å². The maximum atomic E-state index is 12.9. The van der Waals surface area contributed by atoms with Crippen molar-refractivity contribution in [2.24, 2.45) is 5.73 Å². The van der Waals surface area contributed by atoms with E-state index in [2.05, 4.69) is 10.3 Å². The Balaban J connectivity index is 1.52. The molecule has 1 atom stereocenters. The van der Waals surface area contributed by atoms with E-state index in [1.807, 2.05) is 18.2 Å². The highest BCUT2D eigenvalue weighted by Crippen LogP contribution is 2.35. The van der Waals surface area contributed by atoms with E-state index in [1.54, 1.807) is 4.90 Å². The molecule has 2 aromatic rings. The summed E-state index contributed by atoms with van der Waals surface area (Å²) in [6.07, 6.45) is 6.17. The van der Waals surface area contributed by atoms with Gasteiger partial charge in [0.25, 0.3) is 0 Å². The first-order chi connectivity index (χ1) is 14.0. The predicted molar refractivity (Wildman–Crippen MR) is 105 cm³/mol. The zero-order chi connectivity index (χ0) is 20.4. The first kappa shape index (κ1) is 18.9. The number of pyridine rings is 1. The number of aromatic nitrogens is 1. The second-order valence-electron chi connectivity index (χ2n) is 7.26. The Kier molecular flexibility index (Phi) is 5.16. The van der Waals surface area contributed by atoms with Crippen LogP contribution >= 0.6 is 0 Å². The molecule has 8 nitrogen and oxygen atoms in total. The number of nitrogens with zero attached hydrogens (tertiary/aromatic N) is 2. The largest absolute Gasteiger partial charge is 0.493 e. The third-order valence-corrected chi connectivity index (χ3v) is 5.34. The first-order valence-electron chi connectivity index (χ1n) is 9.65. The van der Waals surface area contributed by atoms with Gasteiger partial charge < -0.3 is 20.7 Å². The fourth-order valence-corrected chi connectivity index (χ4v) is 3.87. The van der Waals surface area contributed by atoms with Crippen molar-refractivity contribution in [1.82, 2.24) is 9.88 Å². The van der Waals surface area contributed by atoms with Crippen LogP contribution in [0.5, 0.6) is 5.75 Å². The maximum absolute atomic E-state index is 12.9. The Hall–Kier alpha value is -3.42. The van der Waals surface area contributed by atoms with Crippen LogP contribution < -0.4 is 15.8 Å². The van der Waals surface area contributed by atoms with Crippen molar-refractivity contribution in [2.75, 3.05) is 18.5 Å². The Bertz CT molecular complexity index is 975. The molecule has 0 aliphatic carbocycles. The fourth-order valence-electron chi connectivity index (χ4n) is 3.87. The van der Waals surface area contributed by atoms with Crippen LogP contribution in [-0.2, 0) is 16.0 Å². The van der Waals surface area contributed by atoms with Crippen LogP contribution in [0, 0.1) is 0 Å². The number of anilines is 1. The number of rotatable bonds is 3. The average molecular weight is 394 g/mol. The summed E-state index contributed by atoms with van der Waals surface area (Å²) in [5, 5.41) is 2.52. The second kappa shape index (κ2) is 7.90. The van der Waals surface area contributed by atoms with Crippen LogP contribution in [0.4, 0.5) is 5.69 Å². The minimum Gasteiger partial charge on any atom is -0.493 e. The third kappa shape index (κ3) is 3.91. The van der Waals surface area contributed by atoms with Gasteiger partial charge in [0.05, 0.1) is 30.1 Å². The minimum atomic E-state index is -0.766. The summed E-state index contributed by atoms with van der Waals surface area (Å²) in [4.78, 5) is 42.3. The molecule has 1 aromatic heterocycles. The first-order valence-corrected chi connectivity index (χ1v) is 9.65. The number of carbonyl (C=O) groups excluding carboxylic acids is 3. The topological polar surface area (TPSA) is 115 Å². The summed E-state index contributed by atoms with van der Waals surface area (Å²) in [5.74, 6) is -1.17. The van der Waals surface area contributed by atoms with E-state index in [0.29, 0.717) is 13.2 Å². The zero-order valence-electron chi connectivity index (χ0n) is 15.9. The highest BCUT2D eigenvalue weighted by molar-refractivity contribution is 6.39. The normalized spacial score (nSPS) is 17.9. The van der Waals surface area contributed by atoms with Gasteiger partial charge in [0.15, 0.2) is 0 Å². The Morgan fingerprint density at radius 1 is 1.17 bits per heavy atom. The van der Waals surface area contributed by atoms with E-state index in [0.717, 1.165) is 37.0 Å². The van der Waals surface area contributed by atoms with Crippen molar-refractivity contribution in [2.45, 2.75) is 31.7 Å². The van der Waals surface area contributed by atoms with Gasteiger partial charge in [0, 0.05) is 19.2 Å². The smallest absolute Gasteiger partial charge is 0.313 e. The van der Waals surface area contributed by atoms with E-state index < -0.39 is 17.7 Å². The van der Waals surface area contributed by atoms with Gasteiger partial charge in [0.1, 0.15) is 5.75 Å². The van der Waals surface area contributed by atoms with Gasteiger partial charge in [-0.2, -0.15) is 0 Å². The van der Waals surface area contributed by atoms with Crippen molar-refractivity contribution >= 4 is 23.4 Å². The van der Waals surface area contributed by atoms with Crippen LogP contribution in [-0.4, -0.2) is 40.8 Å². The number of benzene rings is 1. The molecular weight excluding hydrogens is 372 g/mol. The molecule has 0 bridgehead atoms. The lowest BCUT2D eigenvalue weighted by atomic mass is 9.94. The van der Waals surface area contributed by atoms with Crippen molar-refractivity contribution in [1.29, 1.82) is 0 Å². The highest BCUT2D eigenvalue weighted by atomic mass is 16.5. The maximum Gasteiger partial charge on any atom is 0.313 e. The molecule has 2 aliphatic rings. The van der Waals surface area contributed by atoms with E-state index in [1.165, 1.54) is 24.0 Å². The molecule has 3 amide bonds. The molecule has 3 heterocycles. The average Bonchev–Trinajstić information content (AvgIpc) is 3.21. The van der Waals surface area contributed by atoms with Crippen molar-refractivity contribution in [3.8, 4) is 5.75 Å². The van der Waals surface area contributed by atoms with Crippen LogP contribution in [0.15, 0.2) is 36.7 Å². The molecule has 0 saturated carbocycles. The lowest BCUT2D eigenvalue weighted by Gasteiger charge is -2.35. The summed E-state index contributed by atoms with van der Waals surface area (Å²) in [6, 6.07) is 7.26. The van der Waals surface area contributed by atoms with Gasteiger partial charge in [-0.25, -0.2) is 0 Å². The number of hydrogen-bond donors (Lipinski definition) is 2. The van der Waals surface area contributed by atoms with Crippen LogP contribution in [0.2, 0.25) is 0 Å². The summed E-state index contributed by atoms with van der Waals surface area (Å²) >= 11 is 0. The standard InChI is InChI=1S/C21H22N4O4/c22-19(26)15-9-16(12-23-11-15)24-20(27)21(28)25-7-2-1-3-17(25)14-5-4-13-6-8-29-18(13)10-14/h4-5,9-12,17H,1-3,6-8H2,(H2,22,26)(H,24,27)/t17-/m0/s1. The lowest BCUT2D eigenvalue weighted by molar-refractivity contribution is -0.145. The van der Waals surface area contributed by atoms with Crippen molar-refractivity contribution in [3.05, 3.63) is 53.3 Å². The molecule has 8 heteroatoms. The van der Waals surface area contributed by atoms with Gasteiger partial charge in [-0.3, -0.25) is 19.4 Å². The fraction of sp³-hybridized carbons (Fsp3) is 0.333. The van der Waals surface area contributed by atoms with E-state index >= 15 is 0 Å². The Morgan fingerprint density at radius 2 is 2.03 bits per heavy atom. The summed E-state index contributed by atoms with van der Waals surface area (Å²) < 4.78 is 5.66. The quantitative estimate of drug-likeness (QED) is 0.771. The molecule has 29 heavy (non-hydrogen) atoms. The van der Waals surface area contributed by atoms with Crippen LogP contribution in [0.3, 0.4) is 0 Å². The summed E-state index contributed by atoms with van der Waals surface area (Å²) in [5.41, 5.74) is 7.78. The van der Waals surface area contributed by atoms with E-state index in [4.69, 9.17) is 10.5 Å². The second-order valence-corrected chi connectivity index (χ2v) is 7.26. The van der Waals surface area contributed by atoms with Gasteiger partial charge in [0.2, 0.25) is 5.91 Å². The van der Waals surface area contributed by atoms with Gasteiger partial charge >= 0.3 is 11.8 Å². The predicted octanol–water partition coefficient (Wildman–Crippen LogP) is 1.81. The van der Waals surface area contributed by atoms with Gasteiger partial charge in [-0.1, -0.05) is 12.1 Å². The molecule has 0 unspecified atom stereocenters. The molecule has 150 valence electrons. The molecule has 0 spiro atoms. The number of ether oxygens (including phenoxy) is 1. The zero-order valence-corrected chi connectivity index (χ0v) is 15.9. The molecule has 1 fully saturated rings. The number of hydrogen-bond acceptors (Lipinski definition) is 5.